The molecule has 1 aliphatic rings. The molecule has 2 heterocycles. The van der Waals surface area contributed by atoms with Gasteiger partial charge in [0.05, 0.1) is 15.9 Å². The van der Waals surface area contributed by atoms with Gasteiger partial charge in [-0.2, -0.15) is 4.31 Å². The van der Waals surface area contributed by atoms with Crippen molar-refractivity contribution in [2.75, 3.05) is 6.54 Å². The summed E-state index contributed by atoms with van der Waals surface area (Å²) in [6.07, 6.45) is 3.63. The topological polar surface area (TPSA) is 80.5 Å². The molecule has 0 aliphatic carbocycles. The van der Waals surface area contributed by atoms with E-state index < -0.39 is 14.9 Å². The lowest BCUT2D eigenvalue weighted by atomic mass is 10.1. The Kier molecular flexibility index (Phi) is 4.98. The monoisotopic (exact) mass is 366 g/mol. The Labute approximate surface area is 144 Å². The zero-order valence-corrected chi connectivity index (χ0v) is 14.6. The predicted molar refractivity (Wildman–Crippen MR) is 92.5 cm³/mol. The van der Waals surface area contributed by atoms with Crippen LogP contribution >= 0.6 is 11.3 Å². The predicted octanol–water partition coefficient (Wildman–Crippen LogP) is 3.96. The number of non-ortho nitro benzene ring substituents is 1. The summed E-state index contributed by atoms with van der Waals surface area (Å²) >= 11 is 1.56. The molecule has 2 aromatic rings. The van der Waals surface area contributed by atoms with Crippen molar-refractivity contribution in [1.29, 1.82) is 0 Å². The Bertz CT molecular complexity index is 801. The molecular weight excluding hydrogens is 348 g/mol. The van der Waals surface area contributed by atoms with Crippen molar-refractivity contribution in [3.8, 4) is 0 Å². The average molecular weight is 366 g/mol. The quantitative estimate of drug-likeness (QED) is 0.606. The Morgan fingerprint density at radius 3 is 2.50 bits per heavy atom. The molecular formula is C16H18N2O4S2. The van der Waals surface area contributed by atoms with Crippen molar-refractivity contribution in [1.82, 2.24) is 4.31 Å². The molecule has 1 fully saturated rings. The lowest BCUT2D eigenvalue weighted by molar-refractivity contribution is -0.384. The standard InChI is InChI=1S/C16H18N2O4S2/c19-18(20)13-7-9-14(10-8-13)24(21,22)17-11-3-1-2-5-15(17)16-6-4-12-23-16/h4,6-10,12,15H,1-3,5,11H2. The van der Waals surface area contributed by atoms with Gasteiger partial charge in [-0.05, 0) is 36.4 Å². The number of rotatable bonds is 4. The maximum atomic E-state index is 13.1. The van der Waals surface area contributed by atoms with Crippen molar-refractivity contribution in [2.24, 2.45) is 0 Å². The van der Waals surface area contributed by atoms with Crippen molar-refractivity contribution >= 4 is 27.0 Å². The van der Waals surface area contributed by atoms with Crippen LogP contribution in [0.1, 0.15) is 36.6 Å². The maximum absolute atomic E-state index is 13.1. The van der Waals surface area contributed by atoms with Gasteiger partial charge >= 0.3 is 0 Å². The van der Waals surface area contributed by atoms with Crippen LogP contribution in [0.5, 0.6) is 0 Å². The molecule has 0 N–H and O–H groups in total. The van der Waals surface area contributed by atoms with Crippen molar-refractivity contribution in [3.05, 3.63) is 56.8 Å². The van der Waals surface area contributed by atoms with Gasteiger partial charge in [0.1, 0.15) is 0 Å². The van der Waals surface area contributed by atoms with Gasteiger partial charge in [0.25, 0.3) is 5.69 Å². The first kappa shape index (κ1) is 17.1. The SMILES string of the molecule is O=[N+]([O-])c1ccc(S(=O)(=O)N2CCCCCC2c2cccs2)cc1. The van der Waals surface area contributed by atoms with Gasteiger partial charge in [0, 0.05) is 23.6 Å². The van der Waals surface area contributed by atoms with Crippen LogP contribution in [0.4, 0.5) is 5.69 Å². The fraction of sp³-hybridized carbons (Fsp3) is 0.375. The van der Waals surface area contributed by atoms with Crippen LogP contribution in [0.15, 0.2) is 46.7 Å². The van der Waals surface area contributed by atoms with Crippen LogP contribution in [0, 0.1) is 10.1 Å². The number of hydrogen-bond donors (Lipinski definition) is 0. The molecule has 3 rings (SSSR count). The number of nitro benzene ring substituents is 1. The molecule has 0 radical (unpaired) electrons. The van der Waals surface area contributed by atoms with E-state index in [1.54, 1.807) is 15.6 Å². The van der Waals surface area contributed by atoms with E-state index in [0.29, 0.717) is 6.54 Å². The summed E-state index contributed by atoms with van der Waals surface area (Å²) in [5.41, 5.74) is -0.111. The van der Waals surface area contributed by atoms with Gasteiger partial charge < -0.3 is 0 Å². The summed E-state index contributed by atoms with van der Waals surface area (Å²) in [4.78, 5) is 11.4. The van der Waals surface area contributed by atoms with Crippen LogP contribution in [-0.4, -0.2) is 24.2 Å². The molecule has 1 aliphatic heterocycles. The minimum Gasteiger partial charge on any atom is -0.258 e. The third-order valence-electron chi connectivity index (χ3n) is 4.23. The zero-order valence-electron chi connectivity index (χ0n) is 13.0. The number of nitro groups is 1. The molecule has 0 spiro atoms. The first-order valence-corrected chi connectivity index (χ1v) is 10.1. The van der Waals surface area contributed by atoms with E-state index in [1.807, 2.05) is 17.5 Å². The molecule has 0 bridgehead atoms. The lowest BCUT2D eigenvalue weighted by Crippen LogP contribution is -2.34. The molecule has 8 heteroatoms. The van der Waals surface area contributed by atoms with E-state index in [4.69, 9.17) is 0 Å². The van der Waals surface area contributed by atoms with E-state index >= 15 is 0 Å². The Morgan fingerprint density at radius 1 is 1.12 bits per heavy atom. The summed E-state index contributed by atoms with van der Waals surface area (Å²) in [7, 11) is -3.69. The smallest absolute Gasteiger partial charge is 0.258 e. The highest BCUT2D eigenvalue weighted by Gasteiger charge is 2.34. The van der Waals surface area contributed by atoms with Crippen LogP contribution in [0.3, 0.4) is 0 Å². The van der Waals surface area contributed by atoms with Crippen molar-refractivity contribution in [3.63, 3.8) is 0 Å². The second-order valence-electron chi connectivity index (χ2n) is 5.75. The third kappa shape index (κ3) is 3.35. The highest BCUT2D eigenvalue weighted by molar-refractivity contribution is 7.89. The second-order valence-corrected chi connectivity index (χ2v) is 8.62. The highest BCUT2D eigenvalue weighted by atomic mass is 32.2. The van der Waals surface area contributed by atoms with Crippen LogP contribution < -0.4 is 0 Å². The lowest BCUT2D eigenvalue weighted by Gasteiger charge is -2.28. The van der Waals surface area contributed by atoms with E-state index in [2.05, 4.69) is 0 Å². The van der Waals surface area contributed by atoms with Crippen LogP contribution in [0.25, 0.3) is 0 Å². The average Bonchev–Trinajstić information content (AvgIpc) is 2.98. The fourth-order valence-corrected chi connectivity index (χ4v) is 5.62. The minimum absolute atomic E-state index is 0.108. The van der Waals surface area contributed by atoms with Gasteiger partial charge in [-0.3, -0.25) is 10.1 Å². The number of hydrogen-bond acceptors (Lipinski definition) is 5. The molecule has 1 aromatic heterocycles. The largest absolute Gasteiger partial charge is 0.269 e. The number of sulfonamides is 1. The van der Waals surface area contributed by atoms with Crippen molar-refractivity contribution < 1.29 is 13.3 Å². The molecule has 24 heavy (non-hydrogen) atoms. The summed E-state index contributed by atoms with van der Waals surface area (Å²) in [6.45, 7) is 0.474. The third-order valence-corrected chi connectivity index (χ3v) is 7.13. The Morgan fingerprint density at radius 2 is 1.88 bits per heavy atom. The Hall–Kier alpha value is -1.77. The summed E-state index contributed by atoms with van der Waals surface area (Å²) in [5.74, 6) is 0. The van der Waals surface area contributed by atoms with Crippen LogP contribution in [-0.2, 0) is 10.0 Å². The first-order chi connectivity index (χ1) is 11.5. The van der Waals surface area contributed by atoms with E-state index in [0.717, 1.165) is 30.6 Å². The van der Waals surface area contributed by atoms with Crippen LogP contribution in [0.2, 0.25) is 0 Å². The first-order valence-electron chi connectivity index (χ1n) is 7.80. The summed E-state index contributed by atoms with van der Waals surface area (Å²) in [5, 5.41) is 12.7. The van der Waals surface area contributed by atoms with Gasteiger partial charge in [0.2, 0.25) is 10.0 Å². The number of nitrogens with zero attached hydrogens (tertiary/aromatic N) is 2. The molecule has 0 saturated carbocycles. The fourth-order valence-electron chi connectivity index (χ4n) is 3.01. The molecule has 1 unspecified atom stereocenters. The number of thiophene rings is 1. The van der Waals surface area contributed by atoms with Crippen molar-refractivity contribution in [2.45, 2.75) is 36.6 Å². The zero-order chi connectivity index (χ0) is 17.2. The minimum atomic E-state index is -3.69. The normalized spacial score (nSPS) is 19.8. The molecule has 0 amide bonds. The summed E-state index contributed by atoms with van der Waals surface area (Å²) < 4.78 is 27.7. The molecule has 6 nitrogen and oxygen atoms in total. The molecule has 1 aromatic carbocycles. The van der Waals surface area contributed by atoms with Gasteiger partial charge in [0.15, 0.2) is 0 Å². The van der Waals surface area contributed by atoms with E-state index in [-0.39, 0.29) is 16.6 Å². The second kappa shape index (κ2) is 7.00. The van der Waals surface area contributed by atoms with Gasteiger partial charge in [-0.1, -0.05) is 18.9 Å². The Balaban J connectivity index is 1.97. The summed E-state index contributed by atoms with van der Waals surface area (Å²) in [6, 6.07) is 8.87. The molecule has 1 atom stereocenters. The molecule has 1 saturated heterocycles. The maximum Gasteiger partial charge on any atom is 0.269 e. The highest BCUT2D eigenvalue weighted by Crippen LogP contribution is 2.36. The van der Waals surface area contributed by atoms with E-state index in [9.17, 15) is 18.5 Å². The van der Waals surface area contributed by atoms with E-state index in [1.165, 1.54) is 24.3 Å². The van der Waals surface area contributed by atoms with Gasteiger partial charge in [-0.15, -0.1) is 11.3 Å². The number of benzene rings is 1. The molecule has 128 valence electrons. The van der Waals surface area contributed by atoms with Gasteiger partial charge in [-0.25, -0.2) is 8.42 Å².